The van der Waals surface area contributed by atoms with E-state index in [-0.39, 0.29) is 5.52 Å². The van der Waals surface area contributed by atoms with Crippen molar-refractivity contribution in [3.8, 4) is 5.75 Å². The van der Waals surface area contributed by atoms with Gasteiger partial charge < -0.3 is 9.72 Å². The number of H-pyrrole nitrogens is 1. The van der Waals surface area contributed by atoms with E-state index in [9.17, 15) is 13.6 Å². The molecule has 1 N–H and O–H groups in total. The molecule has 0 amide bonds. The Hall–Kier alpha value is -2.24. The standard InChI is InChI=1S/C13H12F2N2O2.C3H8/c1-3-6-13(14,15)11-12(18)17-10-7-8(19-2)4-5-9(10)16-11;1-3-2/h3-5,7H,1,6H2,2H3,(H,17,18);3H2,1-2H3. The Morgan fingerprint density at radius 1 is 1.41 bits per heavy atom. The number of methoxy groups -OCH3 is 1. The number of ether oxygens (including phenoxy) is 1. The summed E-state index contributed by atoms with van der Waals surface area (Å²) >= 11 is 0. The number of halogens is 2. The Kier molecular flexibility index (Phi) is 6.22. The molecule has 1 heterocycles. The van der Waals surface area contributed by atoms with Gasteiger partial charge in [-0.1, -0.05) is 26.3 Å². The lowest BCUT2D eigenvalue weighted by Crippen LogP contribution is -2.26. The monoisotopic (exact) mass is 310 g/mol. The van der Waals surface area contributed by atoms with Crippen molar-refractivity contribution in [1.82, 2.24) is 9.97 Å². The van der Waals surface area contributed by atoms with E-state index in [0.717, 1.165) is 6.08 Å². The summed E-state index contributed by atoms with van der Waals surface area (Å²) < 4.78 is 32.4. The summed E-state index contributed by atoms with van der Waals surface area (Å²) in [6, 6.07) is 4.62. The van der Waals surface area contributed by atoms with Crippen LogP contribution in [0.3, 0.4) is 0 Å². The molecule has 0 spiro atoms. The molecular formula is C16H20F2N2O2. The number of hydrogen-bond acceptors (Lipinski definition) is 3. The largest absolute Gasteiger partial charge is 0.497 e. The third-order valence-corrected chi connectivity index (χ3v) is 2.65. The van der Waals surface area contributed by atoms with Crippen LogP contribution in [0.1, 0.15) is 32.4 Å². The quantitative estimate of drug-likeness (QED) is 0.868. The van der Waals surface area contributed by atoms with Gasteiger partial charge in [0.05, 0.1) is 18.1 Å². The molecule has 0 bridgehead atoms. The molecule has 0 radical (unpaired) electrons. The summed E-state index contributed by atoms with van der Waals surface area (Å²) in [6.45, 7) is 7.50. The molecule has 2 aromatic rings. The maximum Gasteiger partial charge on any atom is 0.298 e. The van der Waals surface area contributed by atoms with Crippen LogP contribution in [0.2, 0.25) is 0 Å². The van der Waals surface area contributed by atoms with Crippen molar-refractivity contribution in [2.24, 2.45) is 0 Å². The summed E-state index contributed by atoms with van der Waals surface area (Å²) in [7, 11) is 1.47. The second kappa shape index (κ2) is 7.68. The molecule has 22 heavy (non-hydrogen) atoms. The van der Waals surface area contributed by atoms with Crippen LogP contribution in [0.15, 0.2) is 35.6 Å². The van der Waals surface area contributed by atoms with Crippen molar-refractivity contribution in [1.29, 1.82) is 0 Å². The molecule has 0 fully saturated rings. The second-order valence-corrected chi connectivity index (χ2v) is 4.70. The molecule has 2 rings (SSSR count). The van der Waals surface area contributed by atoms with E-state index in [2.05, 4.69) is 30.4 Å². The van der Waals surface area contributed by atoms with Crippen LogP contribution >= 0.6 is 0 Å². The third-order valence-electron chi connectivity index (χ3n) is 2.65. The van der Waals surface area contributed by atoms with Crippen LogP contribution in [0, 0.1) is 0 Å². The number of benzene rings is 1. The van der Waals surface area contributed by atoms with Gasteiger partial charge >= 0.3 is 0 Å². The molecule has 0 atom stereocenters. The third kappa shape index (κ3) is 4.13. The van der Waals surface area contributed by atoms with Gasteiger partial charge in [-0.25, -0.2) is 4.98 Å². The van der Waals surface area contributed by atoms with Crippen LogP contribution in [0.5, 0.6) is 5.75 Å². The maximum absolute atomic E-state index is 13.7. The molecule has 1 aromatic heterocycles. The van der Waals surface area contributed by atoms with Gasteiger partial charge in [0.25, 0.3) is 11.5 Å². The number of nitrogens with one attached hydrogen (secondary N) is 1. The lowest BCUT2D eigenvalue weighted by atomic mass is 10.1. The van der Waals surface area contributed by atoms with Gasteiger partial charge in [-0.15, -0.1) is 6.58 Å². The minimum absolute atomic E-state index is 0.277. The molecule has 1 aromatic carbocycles. The van der Waals surface area contributed by atoms with Crippen molar-refractivity contribution in [3.63, 3.8) is 0 Å². The van der Waals surface area contributed by atoms with Gasteiger partial charge in [0.1, 0.15) is 5.75 Å². The van der Waals surface area contributed by atoms with E-state index in [1.54, 1.807) is 6.07 Å². The smallest absolute Gasteiger partial charge is 0.298 e. The first kappa shape index (κ1) is 17.8. The molecular weight excluding hydrogens is 290 g/mol. The Morgan fingerprint density at radius 2 is 2.05 bits per heavy atom. The number of aromatic amines is 1. The van der Waals surface area contributed by atoms with Crippen molar-refractivity contribution in [2.45, 2.75) is 32.6 Å². The minimum Gasteiger partial charge on any atom is -0.497 e. The fraction of sp³-hybridized carbons (Fsp3) is 0.375. The van der Waals surface area contributed by atoms with Gasteiger partial charge in [0, 0.05) is 12.5 Å². The molecule has 120 valence electrons. The first-order valence-corrected chi connectivity index (χ1v) is 6.96. The first-order chi connectivity index (χ1) is 10.4. The predicted molar refractivity (Wildman–Crippen MR) is 83.6 cm³/mol. The van der Waals surface area contributed by atoms with Crippen LogP contribution in [-0.4, -0.2) is 17.1 Å². The van der Waals surface area contributed by atoms with Crippen molar-refractivity contribution < 1.29 is 13.5 Å². The van der Waals surface area contributed by atoms with Crippen molar-refractivity contribution in [2.75, 3.05) is 7.11 Å². The topological polar surface area (TPSA) is 55.0 Å². The van der Waals surface area contributed by atoms with E-state index < -0.39 is 23.6 Å². The summed E-state index contributed by atoms with van der Waals surface area (Å²) in [5.74, 6) is -2.82. The molecule has 0 aliphatic heterocycles. The normalized spacial score (nSPS) is 10.8. The molecule has 0 unspecified atom stereocenters. The fourth-order valence-electron chi connectivity index (χ4n) is 1.72. The lowest BCUT2D eigenvalue weighted by molar-refractivity contribution is -0.00662. The molecule has 4 nitrogen and oxygen atoms in total. The predicted octanol–water partition coefficient (Wildman–Crippen LogP) is 4.02. The Balaban J connectivity index is 0.000000745. The second-order valence-electron chi connectivity index (χ2n) is 4.70. The van der Waals surface area contributed by atoms with Crippen LogP contribution in [0.25, 0.3) is 11.0 Å². The number of hydrogen-bond donors (Lipinski definition) is 1. The summed E-state index contributed by atoms with van der Waals surface area (Å²) in [4.78, 5) is 17.8. The SMILES string of the molecule is C=CCC(F)(F)c1nc2ccc(OC)cc2[nH]c1=O.CCC. The average molecular weight is 310 g/mol. The molecule has 0 saturated carbocycles. The zero-order valence-electron chi connectivity index (χ0n) is 13.0. The van der Waals surface area contributed by atoms with E-state index >= 15 is 0 Å². The number of alkyl halides is 2. The fourth-order valence-corrected chi connectivity index (χ4v) is 1.72. The van der Waals surface area contributed by atoms with E-state index in [1.807, 2.05) is 0 Å². The molecule has 0 saturated heterocycles. The number of allylic oxidation sites excluding steroid dienone is 1. The number of nitrogens with zero attached hydrogens (tertiary/aromatic N) is 1. The van der Waals surface area contributed by atoms with E-state index in [1.165, 1.54) is 25.7 Å². The maximum atomic E-state index is 13.7. The number of aromatic nitrogens is 2. The van der Waals surface area contributed by atoms with Gasteiger partial charge in [0.15, 0.2) is 5.69 Å². The molecule has 0 aliphatic carbocycles. The number of rotatable bonds is 4. The van der Waals surface area contributed by atoms with Gasteiger partial charge in [-0.2, -0.15) is 8.78 Å². The minimum atomic E-state index is -3.33. The van der Waals surface area contributed by atoms with E-state index in [4.69, 9.17) is 4.74 Å². The lowest BCUT2D eigenvalue weighted by Gasteiger charge is -2.13. The van der Waals surface area contributed by atoms with Crippen LogP contribution < -0.4 is 10.3 Å². The Labute approximate surface area is 127 Å². The highest BCUT2D eigenvalue weighted by atomic mass is 19.3. The zero-order chi connectivity index (χ0) is 16.8. The highest BCUT2D eigenvalue weighted by Crippen LogP contribution is 2.29. The van der Waals surface area contributed by atoms with Gasteiger partial charge in [0.2, 0.25) is 0 Å². The summed E-state index contributed by atoms with van der Waals surface area (Å²) in [5, 5.41) is 0. The van der Waals surface area contributed by atoms with Crippen molar-refractivity contribution >= 4 is 11.0 Å². The summed E-state index contributed by atoms with van der Waals surface area (Å²) in [5.41, 5.74) is -1.08. The van der Waals surface area contributed by atoms with Crippen LogP contribution in [0.4, 0.5) is 8.78 Å². The summed E-state index contributed by atoms with van der Waals surface area (Å²) in [6.07, 6.45) is 1.67. The zero-order valence-corrected chi connectivity index (χ0v) is 13.0. The molecule has 0 aliphatic rings. The average Bonchev–Trinajstić information content (AvgIpc) is 2.46. The Bertz CT molecular complexity index is 696. The highest BCUT2D eigenvalue weighted by Gasteiger charge is 2.35. The Morgan fingerprint density at radius 3 is 2.59 bits per heavy atom. The van der Waals surface area contributed by atoms with Crippen molar-refractivity contribution in [3.05, 3.63) is 46.9 Å². The molecule has 6 heteroatoms. The van der Waals surface area contributed by atoms with Gasteiger partial charge in [-0.3, -0.25) is 4.79 Å². The van der Waals surface area contributed by atoms with Gasteiger partial charge in [-0.05, 0) is 12.1 Å². The number of fused-ring (bicyclic) bond motifs is 1. The van der Waals surface area contributed by atoms with Crippen LogP contribution in [-0.2, 0) is 5.92 Å². The first-order valence-electron chi connectivity index (χ1n) is 6.96. The highest BCUT2D eigenvalue weighted by molar-refractivity contribution is 5.75. The van der Waals surface area contributed by atoms with E-state index in [0.29, 0.717) is 11.3 Å².